The maximum atomic E-state index is 10.8. The molecular formula is C23H21N7OS. The number of aldehydes is 1. The van der Waals surface area contributed by atoms with Crippen LogP contribution >= 0.6 is 11.3 Å². The third-order valence-electron chi connectivity index (χ3n) is 6.38. The highest BCUT2D eigenvalue weighted by Gasteiger charge is 2.34. The van der Waals surface area contributed by atoms with Crippen LogP contribution in [-0.4, -0.2) is 42.5 Å². The first-order valence-corrected chi connectivity index (χ1v) is 11.6. The molecule has 1 unspecified atom stereocenters. The third-order valence-corrected chi connectivity index (χ3v) is 7.17. The molecule has 2 N–H and O–H groups in total. The lowest BCUT2D eigenvalue weighted by atomic mass is 10.0. The normalized spacial score (nSPS) is 18.9. The number of carbonyl (C=O) groups is 1. The molecule has 4 heterocycles. The molecule has 32 heavy (non-hydrogen) atoms. The van der Waals surface area contributed by atoms with Gasteiger partial charge in [-0.15, -0.1) is 11.3 Å². The molecule has 0 radical (unpaired) electrons. The zero-order valence-electron chi connectivity index (χ0n) is 17.3. The van der Waals surface area contributed by atoms with Crippen LogP contribution in [0.2, 0.25) is 0 Å². The van der Waals surface area contributed by atoms with E-state index in [9.17, 15) is 4.79 Å². The number of nitrogen functional groups attached to an aromatic ring is 1. The van der Waals surface area contributed by atoms with E-state index >= 15 is 0 Å². The summed E-state index contributed by atoms with van der Waals surface area (Å²) in [6.07, 6.45) is 9.76. The topological polar surface area (TPSA) is 103 Å². The van der Waals surface area contributed by atoms with E-state index in [1.54, 1.807) is 17.4 Å². The number of carbonyl (C=O) groups excluding carboxylic acids is 1. The Morgan fingerprint density at radius 2 is 2.12 bits per heavy atom. The molecule has 1 atom stereocenters. The lowest BCUT2D eigenvalue weighted by Gasteiger charge is -2.29. The highest BCUT2D eigenvalue weighted by molar-refractivity contribution is 7.16. The minimum Gasteiger partial charge on any atom is -0.383 e. The maximum absolute atomic E-state index is 10.8. The van der Waals surface area contributed by atoms with Gasteiger partial charge in [-0.3, -0.25) is 4.79 Å². The summed E-state index contributed by atoms with van der Waals surface area (Å²) in [7, 11) is 0. The maximum Gasteiger partial charge on any atom is 0.164 e. The summed E-state index contributed by atoms with van der Waals surface area (Å²) in [5.74, 6) is 0.437. The number of nitrogens with zero attached hydrogens (tertiary/aromatic N) is 6. The summed E-state index contributed by atoms with van der Waals surface area (Å²) >= 11 is 1.61. The molecule has 1 aliphatic heterocycles. The number of thiazole rings is 1. The molecule has 4 aromatic rings. The van der Waals surface area contributed by atoms with Gasteiger partial charge in [0.1, 0.15) is 24.1 Å². The second-order valence-corrected chi connectivity index (χ2v) is 8.97. The summed E-state index contributed by atoms with van der Waals surface area (Å²) in [5, 5.41) is 5.85. The Morgan fingerprint density at radius 1 is 1.19 bits per heavy atom. The standard InChI is InChI=1S/C23H21N7OS/c24-22-20-21(14-4-5-16-19(11-14)32-13-27-16)28-30(23(20)26-12-25-22)18-7-6-17-15(18)3-1-8-29(17)9-2-10-31/h2,4-5,9-13,18H,1,3,6-8H2,(H2,24,25,26). The van der Waals surface area contributed by atoms with Crippen molar-refractivity contribution in [2.75, 3.05) is 12.3 Å². The summed E-state index contributed by atoms with van der Waals surface area (Å²) in [6.45, 7) is 0.935. The van der Waals surface area contributed by atoms with E-state index in [2.05, 4.69) is 25.9 Å². The van der Waals surface area contributed by atoms with E-state index in [0.29, 0.717) is 5.82 Å². The fourth-order valence-corrected chi connectivity index (χ4v) is 5.72. The predicted molar refractivity (Wildman–Crippen MR) is 125 cm³/mol. The molecule has 160 valence electrons. The van der Waals surface area contributed by atoms with Crippen LogP contribution in [0, 0.1) is 0 Å². The second kappa shape index (κ2) is 7.52. The molecule has 1 aromatic carbocycles. The molecule has 0 bridgehead atoms. The number of fused-ring (bicyclic) bond motifs is 2. The number of rotatable bonds is 4. The van der Waals surface area contributed by atoms with Gasteiger partial charge in [0.15, 0.2) is 5.65 Å². The average molecular weight is 444 g/mol. The Bertz CT molecular complexity index is 1420. The van der Waals surface area contributed by atoms with E-state index in [1.807, 2.05) is 28.5 Å². The number of allylic oxidation sites excluding steroid dienone is 3. The van der Waals surface area contributed by atoms with Crippen molar-refractivity contribution in [1.29, 1.82) is 0 Å². The van der Waals surface area contributed by atoms with Crippen LogP contribution in [0.25, 0.3) is 32.5 Å². The molecule has 0 fully saturated rings. The summed E-state index contributed by atoms with van der Waals surface area (Å²) in [5.41, 5.74) is 14.4. The van der Waals surface area contributed by atoms with E-state index in [-0.39, 0.29) is 6.04 Å². The molecule has 0 saturated carbocycles. The molecule has 0 amide bonds. The van der Waals surface area contributed by atoms with Gasteiger partial charge < -0.3 is 10.6 Å². The third kappa shape index (κ3) is 2.92. The van der Waals surface area contributed by atoms with E-state index in [0.717, 1.165) is 71.0 Å². The Kier molecular flexibility index (Phi) is 4.50. The fraction of sp³-hybridized carbons (Fsp3) is 0.261. The molecule has 3 aromatic heterocycles. The molecular weight excluding hydrogens is 422 g/mol. The fourth-order valence-electron chi connectivity index (χ4n) is 5.00. The van der Waals surface area contributed by atoms with Crippen LogP contribution in [0.1, 0.15) is 31.7 Å². The van der Waals surface area contributed by atoms with Crippen molar-refractivity contribution < 1.29 is 4.79 Å². The van der Waals surface area contributed by atoms with Crippen molar-refractivity contribution in [1.82, 2.24) is 29.6 Å². The average Bonchev–Trinajstić information content (AvgIpc) is 3.54. The predicted octanol–water partition coefficient (Wildman–Crippen LogP) is 4.08. The van der Waals surface area contributed by atoms with Crippen molar-refractivity contribution >= 4 is 44.7 Å². The van der Waals surface area contributed by atoms with Gasteiger partial charge in [0.25, 0.3) is 0 Å². The highest BCUT2D eigenvalue weighted by Crippen LogP contribution is 2.44. The summed E-state index contributed by atoms with van der Waals surface area (Å²) in [6, 6.07) is 6.28. The Labute approximate surface area is 188 Å². The SMILES string of the molecule is Nc1ncnc2c1c(-c1ccc3ncsc3c1)nn2C1CCC2=C1CCCN2C=CC=O. The Balaban J connectivity index is 1.51. The molecule has 0 saturated heterocycles. The van der Waals surface area contributed by atoms with Crippen LogP contribution in [0.4, 0.5) is 5.82 Å². The first-order valence-electron chi connectivity index (χ1n) is 10.7. The van der Waals surface area contributed by atoms with Crippen molar-refractivity contribution in [3.8, 4) is 11.3 Å². The monoisotopic (exact) mass is 443 g/mol. The number of hydrogen-bond donors (Lipinski definition) is 1. The van der Waals surface area contributed by atoms with Gasteiger partial charge in [0.2, 0.25) is 0 Å². The molecule has 6 rings (SSSR count). The van der Waals surface area contributed by atoms with E-state index in [4.69, 9.17) is 10.8 Å². The van der Waals surface area contributed by atoms with Crippen molar-refractivity contribution in [2.24, 2.45) is 0 Å². The number of hydrogen-bond acceptors (Lipinski definition) is 8. The minimum atomic E-state index is 0.120. The zero-order chi connectivity index (χ0) is 21.7. The van der Waals surface area contributed by atoms with Gasteiger partial charge in [-0.25, -0.2) is 19.6 Å². The van der Waals surface area contributed by atoms with Crippen molar-refractivity contribution in [3.05, 3.63) is 53.6 Å². The van der Waals surface area contributed by atoms with Crippen LogP contribution in [0.15, 0.2) is 53.6 Å². The van der Waals surface area contributed by atoms with Crippen molar-refractivity contribution in [3.63, 3.8) is 0 Å². The largest absolute Gasteiger partial charge is 0.383 e. The van der Waals surface area contributed by atoms with Gasteiger partial charge in [-0.2, -0.15) is 5.10 Å². The van der Waals surface area contributed by atoms with Crippen LogP contribution < -0.4 is 5.73 Å². The second-order valence-electron chi connectivity index (χ2n) is 8.09. The highest BCUT2D eigenvalue weighted by atomic mass is 32.1. The van der Waals surface area contributed by atoms with Gasteiger partial charge in [0.05, 0.1) is 27.2 Å². The molecule has 2 aliphatic rings. The number of anilines is 1. The lowest BCUT2D eigenvalue weighted by molar-refractivity contribution is -0.104. The molecule has 0 spiro atoms. The van der Waals surface area contributed by atoms with Crippen LogP contribution in [0.3, 0.4) is 0 Å². The van der Waals surface area contributed by atoms with Gasteiger partial charge in [0, 0.05) is 24.0 Å². The molecule has 8 nitrogen and oxygen atoms in total. The first kappa shape index (κ1) is 19.1. The number of benzene rings is 1. The molecule has 9 heteroatoms. The van der Waals surface area contributed by atoms with Crippen LogP contribution in [0.5, 0.6) is 0 Å². The number of nitrogens with two attached hydrogens (primary N) is 1. The quantitative estimate of drug-likeness (QED) is 0.374. The number of aromatic nitrogens is 5. The van der Waals surface area contributed by atoms with Gasteiger partial charge >= 0.3 is 0 Å². The summed E-state index contributed by atoms with van der Waals surface area (Å²) in [4.78, 5) is 26.3. The van der Waals surface area contributed by atoms with Crippen molar-refractivity contribution in [2.45, 2.75) is 31.7 Å². The lowest BCUT2D eigenvalue weighted by Crippen LogP contribution is -2.23. The van der Waals surface area contributed by atoms with Gasteiger partial charge in [-0.1, -0.05) is 6.07 Å². The first-order chi connectivity index (χ1) is 15.7. The van der Waals surface area contributed by atoms with Gasteiger partial charge in [-0.05, 0) is 49.5 Å². The van der Waals surface area contributed by atoms with Crippen LogP contribution in [-0.2, 0) is 4.79 Å². The zero-order valence-corrected chi connectivity index (χ0v) is 18.1. The smallest absolute Gasteiger partial charge is 0.164 e. The Hall–Kier alpha value is -3.59. The Morgan fingerprint density at radius 3 is 3.03 bits per heavy atom. The molecule has 1 aliphatic carbocycles. The minimum absolute atomic E-state index is 0.120. The van der Waals surface area contributed by atoms with E-state index < -0.39 is 0 Å². The van der Waals surface area contributed by atoms with E-state index in [1.165, 1.54) is 17.6 Å². The summed E-state index contributed by atoms with van der Waals surface area (Å²) < 4.78 is 3.14.